The summed E-state index contributed by atoms with van der Waals surface area (Å²) in [7, 11) is 1.48. The number of methoxy groups -OCH3 is 1. The van der Waals surface area contributed by atoms with E-state index in [0.717, 1.165) is 16.1 Å². The number of amides is 2. The fourth-order valence-corrected chi connectivity index (χ4v) is 4.83. The minimum absolute atomic E-state index is 0.103. The molecule has 2 amide bonds. The molecule has 0 bridgehead atoms. The summed E-state index contributed by atoms with van der Waals surface area (Å²) >= 11 is 1.58. The lowest BCUT2D eigenvalue weighted by Crippen LogP contribution is -2.31. The van der Waals surface area contributed by atoms with Crippen LogP contribution < -0.4 is 20.9 Å². The molecule has 0 saturated carbocycles. The van der Waals surface area contributed by atoms with Crippen LogP contribution in [0.1, 0.15) is 33.4 Å². The number of pyridine rings is 1. The second-order valence-corrected chi connectivity index (χ2v) is 9.22. The molecule has 2 aromatic heterocycles. The van der Waals surface area contributed by atoms with Crippen molar-refractivity contribution >= 4 is 28.8 Å². The molecule has 9 heteroatoms. The highest BCUT2D eigenvalue weighted by Gasteiger charge is 2.25. The number of benzene rings is 1. The van der Waals surface area contributed by atoms with E-state index >= 15 is 0 Å². The van der Waals surface area contributed by atoms with Gasteiger partial charge < -0.3 is 19.9 Å². The Bertz CT molecular complexity index is 1220. The minimum atomic E-state index is -0.240. The summed E-state index contributed by atoms with van der Waals surface area (Å²) in [6.07, 6.45) is 0.554. The van der Waals surface area contributed by atoms with Crippen molar-refractivity contribution in [3.63, 3.8) is 0 Å². The van der Waals surface area contributed by atoms with Crippen LogP contribution in [0.2, 0.25) is 0 Å². The first-order chi connectivity index (χ1) is 16.4. The molecule has 0 radical (unpaired) electrons. The lowest BCUT2D eigenvalue weighted by Gasteiger charge is -2.19. The topological polar surface area (TPSA) is 92.7 Å². The van der Waals surface area contributed by atoms with Gasteiger partial charge in [-0.25, -0.2) is 0 Å². The van der Waals surface area contributed by atoms with Gasteiger partial charge in [0.2, 0.25) is 5.91 Å². The highest BCUT2D eigenvalue weighted by molar-refractivity contribution is 7.09. The van der Waals surface area contributed by atoms with Gasteiger partial charge in [0.15, 0.2) is 0 Å². The molecular formula is C25H28N4O4S. The monoisotopic (exact) mass is 480 g/mol. The lowest BCUT2D eigenvalue weighted by atomic mass is 10.1. The molecule has 1 aromatic carbocycles. The molecule has 0 aliphatic carbocycles. The Morgan fingerprint density at radius 2 is 1.91 bits per heavy atom. The van der Waals surface area contributed by atoms with Gasteiger partial charge in [0.1, 0.15) is 11.3 Å². The first-order valence-electron chi connectivity index (χ1n) is 11.1. The maximum atomic E-state index is 13.2. The summed E-state index contributed by atoms with van der Waals surface area (Å²) in [5.74, 6) is -0.0351. The summed E-state index contributed by atoms with van der Waals surface area (Å²) in [5.41, 5.74) is 2.84. The maximum absolute atomic E-state index is 13.2. The number of nitrogens with zero attached hydrogens (tertiary/aromatic N) is 2. The Kier molecular flexibility index (Phi) is 7.44. The van der Waals surface area contributed by atoms with Crippen molar-refractivity contribution in [2.75, 3.05) is 25.5 Å². The van der Waals surface area contributed by atoms with Crippen LogP contribution in [0.3, 0.4) is 0 Å². The average molecular weight is 481 g/mol. The molecule has 34 heavy (non-hydrogen) atoms. The van der Waals surface area contributed by atoms with Gasteiger partial charge in [-0.2, -0.15) is 0 Å². The fourth-order valence-electron chi connectivity index (χ4n) is 4.18. The molecule has 0 unspecified atom stereocenters. The van der Waals surface area contributed by atoms with Crippen molar-refractivity contribution in [1.29, 1.82) is 0 Å². The van der Waals surface area contributed by atoms with E-state index in [1.807, 2.05) is 41.8 Å². The van der Waals surface area contributed by atoms with E-state index in [9.17, 15) is 14.4 Å². The molecule has 2 N–H and O–H groups in total. The Labute approximate surface area is 202 Å². The number of aromatic nitrogens is 1. The second-order valence-electron chi connectivity index (χ2n) is 8.19. The lowest BCUT2D eigenvalue weighted by molar-refractivity contribution is -0.114. The second kappa shape index (κ2) is 10.7. The molecular weight excluding hydrogens is 452 g/mol. The van der Waals surface area contributed by atoms with E-state index in [4.69, 9.17) is 4.74 Å². The van der Waals surface area contributed by atoms with Crippen LogP contribution in [-0.4, -0.2) is 41.5 Å². The van der Waals surface area contributed by atoms with Crippen LogP contribution in [0.5, 0.6) is 5.75 Å². The van der Waals surface area contributed by atoms with Crippen molar-refractivity contribution in [1.82, 2.24) is 14.8 Å². The number of ether oxygens (including phenoxy) is 1. The van der Waals surface area contributed by atoms with Gasteiger partial charge in [0, 0.05) is 61.8 Å². The van der Waals surface area contributed by atoms with Crippen molar-refractivity contribution in [2.24, 2.45) is 0 Å². The predicted octanol–water partition coefficient (Wildman–Crippen LogP) is 2.87. The zero-order valence-electron chi connectivity index (χ0n) is 19.3. The number of rotatable bonds is 7. The molecule has 0 spiro atoms. The third-order valence-electron chi connectivity index (χ3n) is 5.82. The molecule has 0 fully saturated rings. The van der Waals surface area contributed by atoms with Gasteiger partial charge >= 0.3 is 0 Å². The largest absolute Gasteiger partial charge is 0.496 e. The molecule has 1 aliphatic heterocycles. The van der Waals surface area contributed by atoms with Crippen molar-refractivity contribution < 1.29 is 14.3 Å². The number of carbonyl (C=O) groups is 2. The predicted molar refractivity (Wildman–Crippen MR) is 132 cm³/mol. The standard InChI is InChI=1S/C25H28N4O4S/c1-17(30)27-19-7-5-18(6-8-19)16-28-10-9-21-24(25(32)26-15-20-4-3-13-34-20)22(33-2)14-23(31)29(21)12-11-28/h3-8,13-14H,9-12,15-16H2,1-2H3,(H,26,32)(H,27,30). The summed E-state index contributed by atoms with van der Waals surface area (Å²) in [4.78, 5) is 40.5. The molecule has 178 valence electrons. The Morgan fingerprint density at radius 1 is 1.12 bits per heavy atom. The zero-order valence-corrected chi connectivity index (χ0v) is 20.1. The van der Waals surface area contributed by atoms with Gasteiger partial charge in [-0.15, -0.1) is 11.3 Å². The van der Waals surface area contributed by atoms with Crippen LogP contribution in [0.25, 0.3) is 0 Å². The molecule has 8 nitrogen and oxygen atoms in total. The number of hydrogen-bond donors (Lipinski definition) is 2. The normalized spacial score (nSPS) is 13.6. The van der Waals surface area contributed by atoms with Crippen molar-refractivity contribution in [2.45, 2.75) is 33.0 Å². The van der Waals surface area contributed by atoms with E-state index in [1.54, 1.807) is 15.9 Å². The zero-order chi connectivity index (χ0) is 24.1. The average Bonchev–Trinajstić information content (AvgIpc) is 3.25. The van der Waals surface area contributed by atoms with Crippen molar-refractivity contribution in [3.05, 3.63) is 79.9 Å². The number of hydrogen-bond acceptors (Lipinski definition) is 6. The van der Waals surface area contributed by atoms with E-state index in [0.29, 0.717) is 56.2 Å². The van der Waals surface area contributed by atoms with Gasteiger partial charge in [-0.05, 0) is 29.1 Å². The number of carbonyl (C=O) groups excluding carboxylic acids is 2. The number of thiophene rings is 1. The highest BCUT2D eigenvalue weighted by atomic mass is 32.1. The first-order valence-corrected chi connectivity index (χ1v) is 12.0. The number of anilines is 1. The first kappa shape index (κ1) is 23.7. The Hall–Kier alpha value is -3.43. The fraction of sp³-hybridized carbons (Fsp3) is 0.320. The smallest absolute Gasteiger partial charge is 0.257 e. The summed E-state index contributed by atoms with van der Waals surface area (Å²) in [5, 5.41) is 7.71. The van der Waals surface area contributed by atoms with E-state index < -0.39 is 0 Å². The highest BCUT2D eigenvalue weighted by Crippen LogP contribution is 2.24. The molecule has 3 aromatic rings. The van der Waals surface area contributed by atoms with Crippen LogP contribution >= 0.6 is 11.3 Å². The van der Waals surface area contributed by atoms with Crippen LogP contribution in [-0.2, 0) is 30.8 Å². The van der Waals surface area contributed by atoms with Gasteiger partial charge in [0.05, 0.1) is 13.7 Å². The molecule has 1 aliphatic rings. The van der Waals surface area contributed by atoms with E-state index in [2.05, 4.69) is 15.5 Å². The Balaban J connectivity index is 1.51. The number of nitrogens with one attached hydrogen (secondary N) is 2. The Morgan fingerprint density at radius 3 is 2.59 bits per heavy atom. The quantitative estimate of drug-likeness (QED) is 0.543. The molecule has 0 saturated heterocycles. The van der Waals surface area contributed by atoms with Gasteiger partial charge in [0.25, 0.3) is 11.5 Å². The maximum Gasteiger partial charge on any atom is 0.257 e. The van der Waals surface area contributed by atoms with Crippen LogP contribution in [0.4, 0.5) is 5.69 Å². The third-order valence-corrected chi connectivity index (χ3v) is 6.69. The minimum Gasteiger partial charge on any atom is -0.496 e. The summed E-state index contributed by atoms with van der Waals surface area (Å²) < 4.78 is 7.13. The van der Waals surface area contributed by atoms with Crippen LogP contribution in [0.15, 0.2) is 52.6 Å². The van der Waals surface area contributed by atoms with Gasteiger partial charge in [-0.1, -0.05) is 18.2 Å². The third kappa shape index (κ3) is 5.55. The summed E-state index contributed by atoms with van der Waals surface area (Å²) in [6, 6.07) is 13.1. The molecule has 0 atom stereocenters. The van der Waals surface area contributed by atoms with Gasteiger partial charge in [-0.3, -0.25) is 19.3 Å². The van der Waals surface area contributed by atoms with E-state index in [-0.39, 0.29) is 17.4 Å². The molecule has 4 rings (SSSR count). The van der Waals surface area contributed by atoms with E-state index in [1.165, 1.54) is 20.1 Å². The van der Waals surface area contributed by atoms with Crippen LogP contribution in [0, 0.1) is 0 Å². The number of fused-ring (bicyclic) bond motifs is 1. The molecule has 3 heterocycles. The van der Waals surface area contributed by atoms with Crippen molar-refractivity contribution in [3.8, 4) is 5.75 Å². The SMILES string of the molecule is COc1cc(=O)n2c(c1C(=O)NCc1cccs1)CCN(Cc1ccc(NC(C)=O)cc1)CC2. The summed E-state index contributed by atoms with van der Waals surface area (Å²) in [6.45, 7) is 4.50.